The molecule has 1 aliphatic rings. The molecule has 7 heteroatoms. The van der Waals surface area contributed by atoms with E-state index < -0.39 is 0 Å². The van der Waals surface area contributed by atoms with Crippen LogP contribution < -0.4 is 15.8 Å². The van der Waals surface area contributed by atoms with Crippen LogP contribution in [0.4, 0.5) is 11.8 Å². The molecule has 1 aliphatic heterocycles. The maximum Gasteiger partial charge on any atom is 0.260 e. The number of aromatic amines is 1. The van der Waals surface area contributed by atoms with Crippen molar-refractivity contribution in [1.82, 2.24) is 15.0 Å². The van der Waals surface area contributed by atoms with Crippen LogP contribution in [-0.2, 0) is 11.3 Å². The third-order valence-electron chi connectivity index (χ3n) is 4.22. The summed E-state index contributed by atoms with van der Waals surface area (Å²) in [7, 11) is 0. The number of nitrogens with zero attached hydrogens (tertiary/aromatic N) is 3. The van der Waals surface area contributed by atoms with Gasteiger partial charge in [-0.15, -0.1) is 0 Å². The summed E-state index contributed by atoms with van der Waals surface area (Å²) < 4.78 is 5.36. The number of morpholine rings is 1. The third kappa shape index (κ3) is 3.46. The highest BCUT2D eigenvalue weighted by atomic mass is 16.5. The highest BCUT2D eigenvalue weighted by Crippen LogP contribution is 2.14. The second-order valence-electron chi connectivity index (χ2n) is 5.91. The van der Waals surface area contributed by atoms with Crippen molar-refractivity contribution in [3.8, 4) is 0 Å². The zero-order valence-corrected chi connectivity index (χ0v) is 13.7. The van der Waals surface area contributed by atoms with Gasteiger partial charge in [0, 0.05) is 25.8 Å². The maximum atomic E-state index is 12.1. The smallest absolute Gasteiger partial charge is 0.260 e. The molecule has 2 aromatic heterocycles. The molecule has 0 atom stereocenters. The Balaban J connectivity index is 1.45. The van der Waals surface area contributed by atoms with Gasteiger partial charge in [-0.05, 0) is 23.8 Å². The van der Waals surface area contributed by atoms with Crippen molar-refractivity contribution in [2.75, 3.05) is 36.5 Å². The molecule has 0 unspecified atom stereocenters. The number of para-hydroxylation sites is 1. The Labute approximate surface area is 144 Å². The van der Waals surface area contributed by atoms with Gasteiger partial charge in [-0.3, -0.25) is 9.78 Å². The fourth-order valence-corrected chi connectivity index (χ4v) is 2.86. The fraction of sp³-hybridized carbons (Fsp3) is 0.278. The van der Waals surface area contributed by atoms with E-state index in [9.17, 15) is 4.79 Å². The molecule has 128 valence electrons. The first-order valence-electron chi connectivity index (χ1n) is 8.30. The summed E-state index contributed by atoms with van der Waals surface area (Å²) in [6, 6.07) is 11.3. The number of hydrogen-bond donors (Lipinski definition) is 2. The van der Waals surface area contributed by atoms with Crippen molar-refractivity contribution >= 4 is 22.7 Å². The molecule has 0 spiro atoms. The summed E-state index contributed by atoms with van der Waals surface area (Å²) in [6.07, 6.45) is 1.84. The summed E-state index contributed by atoms with van der Waals surface area (Å²) in [4.78, 5) is 26.0. The average Bonchev–Trinajstić information content (AvgIpc) is 2.68. The highest BCUT2D eigenvalue weighted by molar-refractivity contribution is 5.78. The molecule has 3 heterocycles. The Hall–Kier alpha value is -2.93. The van der Waals surface area contributed by atoms with Gasteiger partial charge in [0.05, 0.1) is 24.1 Å². The van der Waals surface area contributed by atoms with Gasteiger partial charge in [-0.1, -0.05) is 18.2 Å². The summed E-state index contributed by atoms with van der Waals surface area (Å²) >= 11 is 0. The minimum Gasteiger partial charge on any atom is -0.378 e. The van der Waals surface area contributed by atoms with Crippen LogP contribution >= 0.6 is 0 Å². The lowest BCUT2D eigenvalue weighted by atomic mass is 10.2. The van der Waals surface area contributed by atoms with Crippen LogP contribution in [-0.4, -0.2) is 41.3 Å². The lowest BCUT2D eigenvalue weighted by Crippen LogP contribution is -2.36. The predicted octanol–water partition coefficient (Wildman–Crippen LogP) is 1.77. The van der Waals surface area contributed by atoms with Crippen molar-refractivity contribution in [3.63, 3.8) is 0 Å². The number of benzene rings is 1. The minimum absolute atomic E-state index is 0.145. The molecular formula is C18H19N5O2. The maximum absolute atomic E-state index is 12.1. The van der Waals surface area contributed by atoms with Crippen molar-refractivity contribution in [3.05, 3.63) is 58.5 Å². The van der Waals surface area contributed by atoms with Crippen molar-refractivity contribution in [2.45, 2.75) is 6.54 Å². The normalized spacial score (nSPS) is 14.6. The van der Waals surface area contributed by atoms with Crippen LogP contribution in [0, 0.1) is 0 Å². The molecule has 2 N–H and O–H groups in total. The van der Waals surface area contributed by atoms with E-state index in [4.69, 9.17) is 4.74 Å². The van der Waals surface area contributed by atoms with E-state index in [0.29, 0.717) is 23.4 Å². The second-order valence-corrected chi connectivity index (χ2v) is 5.91. The topological polar surface area (TPSA) is 83.1 Å². The average molecular weight is 337 g/mol. The number of H-pyrrole nitrogens is 1. The van der Waals surface area contributed by atoms with Gasteiger partial charge in [-0.25, -0.2) is 9.97 Å². The number of aromatic nitrogens is 3. The van der Waals surface area contributed by atoms with Gasteiger partial charge < -0.3 is 15.0 Å². The van der Waals surface area contributed by atoms with Crippen LogP contribution in [0.2, 0.25) is 0 Å². The molecule has 0 saturated carbocycles. The standard InChI is InChI=1S/C18H19N5O2/c24-17-14-3-1-2-4-15(14)21-18(22-17)20-12-13-5-6-16(19-11-13)23-7-9-25-10-8-23/h1-6,11H,7-10,12H2,(H2,20,21,22,24). The zero-order valence-electron chi connectivity index (χ0n) is 13.7. The monoisotopic (exact) mass is 337 g/mol. The number of pyridine rings is 1. The molecule has 0 radical (unpaired) electrons. The number of rotatable bonds is 4. The molecule has 4 rings (SSSR count). The Bertz CT molecular complexity index is 917. The minimum atomic E-state index is -0.145. The molecule has 25 heavy (non-hydrogen) atoms. The lowest BCUT2D eigenvalue weighted by Gasteiger charge is -2.27. The Morgan fingerprint density at radius 2 is 2.00 bits per heavy atom. The highest BCUT2D eigenvalue weighted by Gasteiger charge is 2.12. The largest absolute Gasteiger partial charge is 0.378 e. The van der Waals surface area contributed by atoms with Crippen molar-refractivity contribution in [1.29, 1.82) is 0 Å². The number of ether oxygens (including phenoxy) is 1. The summed E-state index contributed by atoms with van der Waals surface area (Å²) in [5.41, 5.74) is 1.55. The molecule has 1 fully saturated rings. The van der Waals surface area contributed by atoms with E-state index in [1.807, 2.05) is 36.5 Å². The van der Waals surface area contributed by atoms with Gasteiger partial charge in [0.25, 0.3) is 5.56 Å². The first kappa shape index (κ1) is 15.6. The van der Waals surface area contributed by atoms with E-state index >= 15 is 0 Å². The molecule has 0 aliphatic carbocycles. The van der Waals surface area contributed by atoms with E-state index in [2.05, 4.69) is 25.2 Å². The first-order valence-corrected chi connectivity index (χ1v) is 8.30. The number of nitrogens with one attached hydrogen (secondary N) is 2. The third-order valence-corrected chi connectivity index (χ3v) is 4.22. The SMILES string of the molecule is O=c1[nH]c(NCc2ccc(N3CCOCC3)nc2)nc2ccccc12. The van der Waals surface area contributed by atoms with Gasteiger partial charge in [0.15, 0.2) is 0 Å². The summed E-state index contributed by atoms with van der Waals surface area (Å²) in [5.74, 6) is 1.42. The molecule has 0 bridgehead atoms. The molecule has 0 amide bonds. The first-order chi connectivity index (χ1) is 12.3. The molecule has 3 aromatic rings. The number of fused-ring (bicyclic) bond motifs is 1. The van der Waals surface area contributed by atoms with Gasteiger partial charge in [0.2, 0.25) is 5.95 Å². The Morgan fingerprint density at radius 3 is 2.80 bits per heavy atom. The van der Waals surface area contributed by atoms with Crippen molar-refractivity contribution < 1.29 is 4.74 Å². The van der Waals surface area contributed by atoms with Crippen molar-refractivity contribution in [2.24, 2.45) is 0 Å². The molecular weight excluding hydrogens is 318 g/mol. The Morgan fingerprint density at radius 1 is 1.16 bits per heavy atom. The van der Waals surface area contributed by atoms with Crippen LogP contribution in [0.15, 0.2) is 47.4 Å². The quantitative estimate of drug-likeness (QED) is 0.755. The zero-order chi connectivity index (χ0) is 17.1. The lowest BCUT2D eigenvalue weighted by molar-refractivity contribution is 0.122. The Kier molecular flexibility index (Phi) is 4.30. The molecule has 7 nitrogen and oxygen atoms in total. The van der Waals surface area contributed by atoms with Gasteiger partial charge in [-0.2, -0.15) is 0 Å². The van der Waals surface area contributed by atoms with Crippen LogP contribution in [0.5, 0.6) is 0 Å². The number of anilines is 2. The second kappa shape index (κ2) is 6.90. The molecule has 1 saturated heterocycles. The van der Waals surface area contributed by atoms with Crippen LogP contribution in [0.25, 0.3) is 10.9 Å². The number of hydrogen-bond acceptors (Lipinski definition) is 6. The van der Waals surface area contributed by atoms with Gasteiger partial charge in [0.1, 0.15) is 5.82 Å². The van der Waals surface area contributed by atoms with E-state index in [1.54, 1.807) is 6.07 Å². The van der Waals surface area contributed by atoms with E-state index in [1.165, 1.54) is 0 Å². The van der Waals surface area contributed by atoms with E-state index in [0.717, 1.165) is 37.7 Å². The van der Waals surface area contributed by atoms with Crippen LogP contribution in [0.3, 0.4) is 0 Å². The summed E-state index contributed by atoms with van der Waals surface area (Å²) in [5, 5.41) is 3.74. The molecule has 1 aromatic carbocycles. The predicted molar refractivity (Wildman–Crippen MR) is 97.0 cm³/mol. The van der Waals surface area contributed by atoms with Crippen LogP contribution in [0.1, 0.15) is 5.56 Å². The fourth-order valence-electron chi connectivity index (χ4n) is 2.86. The van der Waals surface area contributed by atoms with Gasteiger partial charge >= 0.3 is 0 Å². The summed E-state index contributed by atoms with van der Waals surface area (Å²) in [6.45, 7) is 3.76. The van der Waals surface area contributed by atoms with E-state index in [-0.39, 0.29) is 5.56 Å².